The smallest absolute Gasteiger partial charge is 0.0927 e. The van der Waals surface area contributed by atoms with E-state index in [1.807, 2.05) is 0 Å². The van der Waals surface area contributed by atoms with Crippen molar-refractivity contribution in [3.05, 3.63) is 34.9 Å². The summed E-state index contributed by atoms with van der Waals surface area (Å²) < 4.78 is 0. The van der Waals surface area contributed by atoms with Crippen LogP contribution in [0.5, 0.6) is 0 Å². The molecule has 1 N–H and O–H groups in total. The zero-order chi connectivity index (χ0) is 12.5. The van der Waals surface area contributed by atoms with Gasteiger partial charge in [0.1, 0.15) is 0 Å². The number of hydrogen-bond acceptors (Lipinski definition) is 1. The minimum Gasteiger partial charge on any atom is -0.385 e. The minimum atomic E-state index is -0.580. The second-order valence-corrected chi connectivity index (χ2v) is 5.52. The average molecular weight is 232 g/mol. The first-order valence-corrected chi connectivity index (χ1v) is 6.88. The second-order valence-electron chi connectivity index (χ2n) is 5.52. The Kier molecular flexibility index (Phi) is 3.58. The van der Waals surface area contributed by atoms with Crippen LogP contribution in [0.3, 0.4) is 0 Å². The van der Waals surface area contributed by atoms with E-state index < -0.39 is 5.60 Å². The lowest BCUT2D eigenvalue weighted by Gasteiger charge is -2.41. The largest absolute Gasteiger partial charge is 0.385 e. The molecular formula is C16H24O. The molecule has 2 atom stereocenters. The van der Waals surface area contributed by atoms with Gasteiger partial charge in [-0.1, -0.05) is 44.4 Å². The molecular weight excluding hydrogens is 208 g/mol. The van der Waals surface area contributed by atoms with Crippen LogP contribution in [0.4, 0.5) is 0 Å². The minimum absolute atomic E-state index is 0.428. The molecule has 0 spiro atoms. The van der Waals surface area contributed by atoms with Crippen molar-refractivity contribution in [1.82, 2.24) is 0 Å². The molecule has 0 radical (unpaired) electrons. The molecule has 0 amide bonds. The van der Waals surface area contributed by atoms with Gasteiger partial charge in [0, 0.05) is 0 Å². The topological polar surface area (TPSA) is 20.2 Å². The molecule has 0 bridgehead atoms. The van der Waals surface area contributed by atoms with Crippen LogP contribution in [0.25, 0.3) is 0 Å². The Hall–Kier alpha value is -0.820. The van der Waals surface area contributed by atoms with Crippen molar-refractivity contribution in [2.75, 3.05) is 0 Å². The monoisotopic (exact) mass is 232 g/mol. The molecule has 1 aromatic carbocycles. The standard InChI is InChI=1S/C16H24O/c1-4-14-9-5-6-11-16(14,17)15-10-7-8-12(2)13(15)3/h7-8,10,14,17H,4-6,9,11H2,1-3H3. The predicted octanol–water partition coefficient (Wildman–Crippen LogP) is 4.09. The molecule has 0 heterocycles. The molecule has 0 aromatic heterocycles. The van der Waals surface area contributed by atoms with E-state index in [4.69, 9.17) is 0 Å². The van der Waals surface area contributed by atoms with Crippen molar-refractivity contribution in [2.24, 2.45) is 5.92 Å². The van der Waals surface area contributed by atoms with Crippen molar-refractivity contribution in [2.45, 2.75) is 58.5 Å². The van der Waals surface area contributed by atoms with Gasteiger partial charge in [-0.3, -0.25) is 0 Å². The highest BCUT2D eigenvalue weighted by molar-refractivity contribution is 5.37. The molecule has 2 rings (SSSR count). The molecule has 1 nitrogen and oxygen atoms in total. The van der Waals surface area contributed by atoms with E-state index >= 15 is 0 Å². The molecule has 1 aromatic rings. The molecule has 0 aliphatic heterocycles. The summed E-state index contributed by atoms with van der Waals surface area (Å²) in [7, 11) is 0. The van der Waals surface area contributed by atoms with Gasteiger partial charge < -0.3 is 5.11 Å². The van der Waals surface area contributed by atoms with Crippen LogP contribution in [-0.4, -0.2) is 5.11 Å². The van der Waals surface area contributed by atoms with Gasteiger partial charge in [0.25, 0.3) is 0 Å². The van der Waals surface area contributed by atoms with E-state index in [1.165, 1.54) is 29.5 Å². The molecule has 94 valence electrons. The number of aryl methyl sites for hydroxylation is 1. The Morgan fingerprint density at radius 3 is 2.76 bits per heavy atom. The lowest BCUT2D eigenvalue weighted by Crippen LogP contribution is -2.38. The lowest BCUT2D eigenvalue weighted by molar-refractivity contribution is -0.0562. The summed E-state index contributed by atoms with van der Waals surface area (Å²) in [6, 6.07) is 6.33. The van der Waals surface area contributed by atoms with Crippen LogP contribution in [0.15, 0.2) is 18.2 Å². The summed E-state index contributed by atoms with van der Waals surface area (Å²) in [4.78, 5) is 0. The van der Waals surface area contributed by atoms with Crippen LogP contribution in [0, 0.1) is 19.8 Å². The van der Waals surface area contributed by atoms with Crippen LogP contribution in [-0.2, 0) is 5.60 Å². The van der Waals surface area contributed by atoms with Crippen molar-refractivity contribution < 1.29 is 5.11 Å². The Bertz CT molecular complexity index is 397. The lowest BCUT2D eigenvalue weighted by atomic mass is 9.69. The average Bonchev–Trinajstić information content (AvgIpc) is 2.33. The van der Waals surface area contributed by atoms with E-state index in [-0.39, 0.29) is 0 Å². The number of aliphatic hydroxyl groups is 1. The first kappa shape index (κ1) is 12.6. The Morgan fingerprint density at radius 2 is 2.06 bits per heavy atom. The van der Waals surface area contributed by atoms with E-state index in [0.717, 1.165) is 19.3 Å². The summed E-state index contributed by atoms with van der Waals surface area (Å²) in [6.07, 6.45) is 5.59. The third kappa shape index (κ3) is 2.13. The highest BCUT2D eigenvalue weighted by Gasteiger charge is 2.40. The van der Waals surface area contributed by atoms with E-state index in [2.05, 4.69) is 39.0 Å². The fourth-order valence-electron chi connectivity index (χ4n) is 3.34. The van der Waals surface area contributed by atoms with E-state index in [1.54, 1.807) is 0 Å². The van der Waals surface area contributed by atoms with Gasteiger partial charge in [0.2, 0.25) is 0 Å². The summed E-state index contributed by atoms with van der Waals surface area (Å²) in [5.74, 6) is 0.428. The van der Waals surface area contributed by atoms with Gasteiger partial charge in [0.15, 0.2) is 0 Å². The number of rotatable bonds is 2. The first-order chi connectivity index (χ1) is 8.09. The maximum atomic E-state index is 11.1. The number of benzene rings is 1. The molecule has 2 unspecified atom stereocenters. The third-order valence-corrected chi connectivity index (χ3v) is 4.60. The summed E-state index contributed by atoms with van der Waals surface area (Å²) >= 11 is 0. The molecule has 1 aliphatic carbocycles. The highest BCUT2D eigenvalue weighted by atomic mass is 16.3. The molecule has 1 saturated carbocycles. The first-order valence-electron chi connectivity index (χ1n) is 6.88. The normalized spacial score (nSPS) is 29.3. The highest BCUT2D eigenvalue weighted by Crippen LogP contribution is 2.44. The van der Waals surface area contributed by atoms with Crippen LogP contribution in [0.1, 0.15) is 55.7 Å². The zero-order valence-corrected chi connectivity index (χ0v) is 11.3. The van der Waals surface area contributed by atoms with Crippen LogP contribution >= 0.6 is 0 Å². The molecule has 0 saturated heterocycles. The Labute approximate surface area is 105 Å². The summed E-state index contributed by atoms with van der Waals surface area (Å²) in [6.45, 7) is 6.47. The fourth-order valence-corrected chi connectivity index (χ4v) is 3.34. The fraction of sp³-hybridized carbons (Fsp3) is 0.625. The Balaban J connectivity index is 2.45. The SMILES string of the molecule is CCC1CCCCC1(O)c1cccc(C)c1C. The van der Waals surface area contributed by atoms with Crippen LogP contribution in [0.2, 0.25) is 0 Å². The van der Waals surface area contributed by atoms with Gasteiger partial charge in [-0.15, -0.1) is 0 Å². The zero-order valence-electron chi connectivity index (χ0n) is 11.3. The molecule has 1 fully saturated rings. The molecule has 1 heteroatoms. The summed E-state index contributed by atoms with van der Waals surface area (Å²) in [5, 5.41) is 11.1. The van der Waals surface area contributed by atoms with Gasteiger partial charge in [-0.25, -0.2) is 0 Å². The molecule has 17 heavy (non-hydrogen) atoms. The molecule has 1 aliphatic rings. The maximum Gasteiger partial charge on any atom is 0.0927 e. The third-order valence-electron chi connectivity index (χ3n) is 4.60. The van der Waals surface area contributed by atoms with Gasteiger partial charge >= 0.3 is 0 Å². The predicted molar refractivity (Wildman–Crippen MR) is 72.1 cm³/mol. The number of hydrogen-bond donors (Lipinski definition) is 1. The van der Waals surface area contributed by atoms with Gasteiger partial charge in [0.05, 0.1) is 5.60 Å². The van der Waals surface area contributed by atoms with E-state index in [0.29, 0.717) is 5.92 Å². The van der Waals surface area contributed by atoms with E-state index in [9.17, 15) is 5.11 Å². The van der Waals surface area contributed by atoms with Crippen molar-refractivity contribution in [1.29, 1.82) is 0 Å². The van der Waals surface area contributed by atoms with Crippen molar-refractivity contribution in [3.8, 4) is 0 Å². The second kappa shape index (κ2) is 4.81. The Morgan fingerprint density at radius 1 is 1.29 bits per heavy atom. The van der Waals surface area contributed by atoms with Gasteiger partial charge in [-0.05, 0) is 49.3 Å². The van der Waals surface area contributed by atoms with Crippen molar-refractivity contribution in [3.63, 3.8) is 0 Å². The van der Waals surface area contributed by atoms with Crippen LogP contribution < -0.4 is 0 Å². The van der Waals surface area contributed by atoms with Crippen molar-refractivity contribution >= 4 is 0 Å². The van der Waals surface area contributed by atoms with Gasteiger partial charge in [-0.2, -0.15) is 0 Å². The maximum absolute atomic E-state index is 11.1. The quantitative estimate of drug-likeness (QED) is 0.814. The summed E-state index contributed by atoms with van der Waals surface area (Å²) in [5.41, 5.74) is 3.15.